The number of unbranched alkanes of at least 4 members (excludes halogenated alkanes) is 41. The molecule has 5 atom stereocenters. The van der Waals surface area contributed by atoms with Crippen molar-refractivity contribution in [2.24, 2.45) is 0 Å². The third-order valence-corrected chi connectivity index (χ3v) is 18.9. The first kappa shape index (κ1) is 94.8. The van der Waals surface area contributed by atoms with Gasteiger partial charge in [-0.2, -0.15) is 0 Å². The molecule has 0 saturated carbocycles. The molecular formula is C79H144O17P2. The lowest BCUT2D eigenvalue weighted by molar-refractivity contribution is -0.161. The van der Waals surface area contributed by atoms with Crippen LogP contribution in [0.1, 0.15) is 362 Å². The second kappa shape index (κ2) is 72.1. The van der Waals surface area contributed by atoms with Crippen LogP contribution in [-0.4, -0.2) is 96.7 Å². The van der Waals surface area contributed by atoms with E-state index < -0.39 is 97.5 Å². The molecule has 0 aromatic carbocycles. The molecule has 0 fully saturated rings. The number of carbonyl (C=O) groups excluding carboxylic acids is 4. The minimum atomic E-state index is -4.97. The van der Waals surface area contributed by atoms with Crippen LogP contribution in [0.2, 0.25) is 0 Å². The normalized spacial score (nSPS) is 14.2. The highest BCUT2D eigenvalue weighted by atomic mass is 31.2. The van der Waals surface area contributed by atoms with Crippen molar-refractivity contribution in [3.05, 3.63) is 60.8 Å². The maximum absolute atomic E-state index is 13.1. The molecular weight excluding hydrogens is 1280 g/mol. The molecule has 3 N–H and O–H groups in total. The van der Waals surface area contributed by atoms with Gasteiger partial charge in [0.1, 0.15) is 19.3 Å². The number of hydrogen-bond acceptors (Lipinski definition) is 15. The summed E-state index contributed by atoms with van der Waals surface area (Å²) in [5, 5.41) is 10.6. The average molecular weight is 1430 g/mol. The molecule has 0 aliphatic carbocycles. The highest BCUT2D eigenvalue weighted by Gasteiger charge is 2.30. The maximum atomic E-state index is 13.1. The van der Waals surface area contributed by atoms with Crippen LogP contribution in [0.15, 0.2) is 60.8 Å². The Morgan fingerprint density at radius 3 is 0.776 bits per heavy atom. The van der Waals surface area contributed by atoms with Crippen molar-refractivity contribution < 1.29 is 80.2 Å². The summed E-state index contributed by atoms with van der Waals surface area (Å²) in [4.78, 5) is 72.9. The Labute approximate surface area is 597 Å². The van der Waals surface area contributed by atoms with Crippen molar-refractivity contribution >= 4 is 39.5 Å². The molecule has 0 aromatic heterocycles. The number of carbonyl (C=O) groups is 4. The summed E-state index contributed by atoms with van der Waals surface area (Å²) in [6.45, 7) is 4.85. The van der Waals surface area contributed by atoms with E-state index in [9.17, 15) is 43.2 Å². The first-order valence-corrected chi connectivity index (χ1v) is 42.6. The number of rotatable bonds is 75. The fourth-order valence-corrected chi connectivity index (χ4v) is 12.5. The van der Waals surface area contributed by atoms with Gasteiger partial charge in [-0.15, -0.1) is 0 Å². The van der Waals surface area contributed by atoms with Crippen molar-refractivity contribution in [3.63, 3.8) is 0 Å². The quantitative estimate of drug-likeness (QED) is 0.0128. The van der Waals surface area contributed by atoms with Gasteiger partial charge in [0.25, 0.3) is 0 Å². The zero-order valence-corrected chi connectivity index (χ0v) is 64.3. The highest BCUT2D eigenvalue weighted by Crippen LogP contribution is 2.45. The second-order valence-corrected chi connectivity index (χ2v) is 29.6. The number of esters is 4. The Balaban J connectivity index is 5.35. The molecule has 572 valence electrons. The lowest BCUT2D eigenvalue weighted by Gasteiger charge is -2.21. The molecule has 98 heavy (non-hydrogen) atoms. The van der Waals surface area contributed by atoms with Gasteiger partial charge in [0.05, 0.1) is 26.4 Å². The number of phosphoric acid groups is 2. The minimum absolute atomic E-state index is 0.0793. The van der Waals surface area contributed by atoms with Gasteiger partial charge < -0.3 is 33.8 Å². The summed E-state index contributed by atoms with van der Waals surface area (Å²) < 4.78 is 68.5. The number of ether oxygens (including phenoxy) is 4. The molecule has 0 rings (SSSR count). The molecule has 0 spiro atoms. The first-order valence-electron chi connectivity index (χ1n) is 39.6. The van der Waals surface area contributed by atoms with Gasteiger partial charge >= 0.3 is 39.5 Å². The van der Waals surface area contributed by atoms with Crippen LogP contribution in [0.5, 0.6) is 0 Å². The zero-order valence-electron chi connectivity index (χ0n) is 62.5. The minimum Gasteiger partial charge on any atom is -0.462 e. The number of phosphoric ester groups is 2. The SMILES string of the molecule is CCCCCC/C=C\C=C/CCCCCCCC(=O)O[C@H](COC(=O)CCCCCCC/C=C\CCCCCCCC)COP(=O)(O)OC[C@@H](O)COP(=O)(O)OC[C@@H](COC(=O)CCCCCCCCCCCCCCC)OC(=O)CCCCCCC/C=C\C=C/CCCCCC. The molecule has 0 heterocycles. The molecule has 0 aliphatic rings. The van der Waals surface area contributed by atoms with Gasteiger partial charge in [0.15, 0.2) is 12.2 Å². The van der Waals surface area contributed by atoms with Gasteiger partial charge in [0.2, 0.25) is 0 Å². The van der Waals surface area contributed by atoms with E-state index in [2.05, 4.69) is 88.5 Å². The van der Waals surface area contributed by atoms with Crippen LogP contribution in [0.25, 0.3) is 0 Å². The summed E-state index contributed by atoms with van der Waals surface area (Å²) >= 11 is 0. The Bertz CT molecular complexity index is 2100. The van der Waals surface area contributed by atoms with Crippen molar-refractivity contribution in [1.82, 2.24) is 0 Å². The van der Waals surface area contributed by atoms with Gasteiger partial charge in [-0.3, -0.25) is 37.3 Å². The number of allylic oxidation sites excluding steroid dienone is 10. The Morgan fingerprint density at radius 2 is 0.500 bits per heavy atom. The number of aliphatic hydroxyl groups excluding tert-OH is 1. The number of hydrogen-bond donors (Lipinski definition) is 3. The van der Waals surface area contributed by atoms with E-state index in [1.54, 1.807) is 0 Å². The molecule has 0 aliphatic heterocycles. The van der Waals surface area contributed by atoms with E-state index in [0.29, 0.717) is 25.7 Å². The monoisotopic (exact) mass is 1430 g/mol. The maximum Gasteiger partial charge on any atom is 0.472 e. The molecule has 0 bridgehead atoms. The van der Waals surface area contributed by atoms with Crippen molar-refractivity contribution in [3.8, 4) is 0 Å². The summed E-state index contributed by atoms with van der Waals surface area (Å²) in [7, 11) is -9.95. The van der Waals surface area contributed by atoms with Crippen molar-refractivity contribution in [2.45, 2.75) is 380 Å². The predicted octanol–water partition coefficient (Wildman–Crippen LogP) is 22.7. The average Bonchev–Trinajstić information content (AvgIpc) is 1.04. The van der Waals surface area contributed by atoms with Crippen LogP contribution < -0.4 is 0 Å². The zero-order chi connectivity index (χ0) is 71.8. The Morgan fingerprint density at radius 1 is 0.286 bits per heavy atom. The lowest BCUT2D eigenvalue weighted by atomic mass is 10.0. The summed E-state index contributed by atoms with van der Waals surface area (Å²) in [5.41, 5.74) is 0. The lowest BCUT2D eigenvalue weighted by Crippen LogP contribution is -2.30. The standard InChI is InChI=1S/C79H144O17P2/c1-5-9-13-17-21-25-29-33-36-40-44-48-52-56-60-64-77(82)90-70-75(96-79(84)66-62-58-54-50-46-42-38-35-31-27-23-19-15-11-7-3)72-94-98(87,88)92-68-73(80)67-91-97(85,86)93-71-74(69-89-76(81)63-59-55-51-47-43-39-32-28-24-20-16-12-8-4)95-78(83)65-61-57-53-49-45-41-37-34-30-26-22-18-14-10-6-2/h26-27,30-31,33-38,73-75,80H,5-25,28-29,32,39-72H2,1-4H3,(H,85,86)(H,87,88)/b30-26-,31-27-,36-33-,37-34-,38-35-/t73-,74+,75+/m0/s1. The van der Waals surface area contributed by atoms with Gasteiger partial charge in [-0.1, -0.05) is 294 Å². The third-order valence-electron chi connectivity index (χ3n) is 17.0. The molecule has 0 radical (unpaired) electrons. The molecule has 17 nitrogen and oxygen atoms in total. The summed E-state index contributed by atoms with van der Waals surface area (Å²) in [6.07, 6.45) is 70.5. The molecule has 0 amide bonds. The summed E-state index contributed by atoms with van der Waals surface area (Å²) in [6, 6.07) is 0. The predicted molar refractivity (Wildman–Crippen MR) is 400 cm³/mol. The Hall–Kier alpha value is -3.24. The second-order valence-electron chi connectivity index (χ2n) is 26.7. The third kappa shape index (κ3) is 71.2. The first-order chi connectivity index (χ1) is 47.7. The highest BCUT2D eigenvalue weighted by molar-refractivity contribution is 7.47. The van der Waals surface area contributed by atoms with Crippen LogP contribution in [0.4, 0.5) is 0 Å². The fourth-order valence-electron chi connectivity index (χ4n) is 10.9. The van der Waals surface area contributed by atoms with Crippen LogP contribution in [0.3, 0.4) is 0 Å². The van der Waals surface area contributed by atoms with Gasteiger partial charge in [-0.05, 0) is 103 Å². The van der Waals surface area contributed by atoms with Crippen LogP contribution in [0, 0.1) is 0 Å². The van der Waals surface area contributed by atoms with Crippen LogP contribution in [-0.2, 0) is 65.4 Å². The van der Waals surface area contributed by atoms with E-state index in [-0.39, 0.29) is 25.7 Å². The summed E-state index contributed by atoms with van der Waals surface area (Å²) in [5.74, 6) is -2.19. The molecule has 19 heteroatoms. The van der Waals surface area contributed by atoms with Crippen molar-refractivity contribution in [2.75, 3.05) is 39.6 Å². The van der Waals surface area contributed by atoms with E-state index >= 15 is 0 Å². The Kier molecular flexibility index (Phi) is 69.7. The van der Waals surface area contributed by atoms with E-state index in [4.69, 9.17) is 37.0 Å². The van der Waals surface area contributed by atoms with Crippen molar-refractivity contribution in [1.29, 1.82) is 0 Å². The van der Waals surface area contributed by atoms with Gasteiger partial charge in [0, 0.05) is 25.7 Å². The topological polar surface area (TPSA) is 237 Å². The molecule has 0 saturated heterocycles. The molecule has 2 unspecified atom stereocenters. The number of aliphatic hydroxyl groups is 1. The van der Waals surface area contributed by atoms with E-state index in [1.165, 1.54) is 148 Å². The van der Waals surface area contributed by atoms with Crippen LogP contribution >= 0.6 is 15.6 Å². The largest absolute Gasteiger partial charge is 0.472 e. The van der Waals surface area contributed by atoms with E-state index in [0.717, 1.165) is 135 Å². The molecule has 0 aromatic rings. The van der Waals surface area contributed by atoms with Gasteiger partial charge in [-0.25, -0.2) is 9.13 Å². The fraction of sp³-hybridized carbons (Fsp3) is 0.823. The van der Waals surface area contributed by atoms with E-state index in [1.807, 2.05) is 0 Å². The smallest absolute Gasteiger partial charge is 0.462 e.